The van der Waals surface area contributed by atoms with Crippen molar-refractivity contribution in [1.82, 2.24) is 10.6 Å². The van der Waals surface area contributed by atoms with E-state index in [0.717, 1.165) is 19.4 Å². The van der Waals surface area contributed by atoms with Gasteiger partial charge in [-0.05, 0) is 25.8 Å². The summed E-state index contributed by atoms with van der Waals surface area (Å²) in [7, 11) is 0. The average molecular weight is 214 g/mol. The van der Waals surface area contributed by atoms with Crippen LogP contribution >= 0.6 is 0 Å². The molecule has 0 bridgehead atoms. The lowest BCUT2D eigenvalue weighted by Crippen LogP contribution is -2.47. The van der Waals surface area contributed by atoms with Crippen LogP contribution in [-0.4, -0.2) is 36.1 Å². The van der Waals surface area contributed by atoms with Gasteiger partial charge in [-0.1, -0.05) is 6.92 Å². The van der Waals surface area contributed by atoms with Crippen LogP contribution in [-0.2, 0) is 9.59 Å². The molecule has 5 heteroatoms. The SMILES string of the molecule is CC[C@@H](NC(=O)[C@@H]1CCCNC1)C(=O)O. The number of hydrogen-bond acceptors (Lipinski definition) is 3. The fourth-order valence-corrected chi connectivity index (χ4v) is 1.70. The van der Waals surface area contributed by atoms with E-state index in [1.54, 1.807) is 6.92 Å². The van der Waals surface area contributed by atoms with Crippen LogP contribution in [0.15, 0.2) is 0 Å². The normalized spacial score (nSPS) is 23.1. The zero-order chi connectivity index (χ0) is 11.3. The molecule has 3 N–H and O–H groups in total. The first-order valence-electron chi connectivity index (χ1n) is 5.39. The van der Waals surface area contributed by atoms with Gasteiger partial charge in [0, 0.05) is 6.54 Å². The standard InChI is InChI=1S/C10H18N2O3/c1-2-8(10(14)15)12-9(13)7-4-3-5-11-6-7/h7-8,11H,2-6H2,1H3,(H,12,13)(H,14,15)/t7-,8-/m1/s1. The van der Waals surface area contributed by atoms with E-state index in [9.17, 15) is 9.59 Å². The van der Waals surface area contributed by atoms with Crippen LogP contribution in [0, 0.1) is 5.92 Å². The van der Waals surface area contributed by atoms with Gasteiger partial charge in [-0.25, -0.2) is 4.79 Å². The summed E-state index contributed by atoms with van der Waals surface area (Å²) >= 11 is 0. The van der Waals surface area contributed by atoms with Crippen LogP contribution in [0.2, 0.25) is 0 Å². The van der Waals surface area contributed by atoms with Gasteiger partial charge >= 0.3 is 5.97 Å². The molecule has 5 nitrogen and oxygen atoms in total. The van der Waals surface area contributed by atoms with E-state index >= 15 is 0 Å². The molecule has 0 unspecified atom stereocenters. The summed E-state index contributed by atoms with van der Waals surface area (Å²) in [5.41, 5.74) is 0. The number of carbonyl (C=O) groups is 2. The Morgan fingerprint density at radius 1 is 1.60 bits per heavy atom. The molecule has 2 atom stereocenters. The highest BCUT2D eigenvalue weighted by molar-refractivity contribution is 5.85. The maximum absolute atomic E-state index is 11.7. The molecule has 1 heterocycles. The van der Waals surface area contributed by atoms with E-state index in [0.29, 0.717) is 13.0 Å². The summed E-state index contributed by atoms with van der Waals surface area (Å²) in [4.78, 5) is 22.4. The Kier molecular flexibility index (Phi) is 4.55. The molecular weight excluding hydrogens is 196 g/mol. The zero-order valence-corrected chi connectivity index (χ0v) is 8.95. The van der Waals surface area contributed by atoms with E-state index in [1.807, 2.05) is 0 Å². The van der Waals surface area contributed by atoms with E-state index in [2.05, 4.69) is 10.6 Å². The molecular formula is C10H18N2O3. The summed E-state index contributed by atoms with van der Waals surface area (Å²) in [6.07, 6.45) is 2.23. The fraction of sp³-hybridized carbons (Fsp3) is 0.800. The lowest BCUT2D eigenvalue weighted by Gasteiger charge is -2.23. The van der Waals surface area contributed by atoms with E-state index < -0.39 is 12.0 Å². The maximum atomic E-state index is 11.7. The van der Waals surface area contributed by atoms with Gasteiger partial charge < -0.3 is 15.7 Å². The molecule has 15 heavy (non-hydrogen) atoms. The van der Waals surface area contributed by atoms with Crippen molar-refractivity contribution in [3.63, 3.8) is 0 Å². The zero-order valence-electron chi connectivity index (χ0n) is 8.95. The maximum Gasteiger partial charge on any atom is 0.326 e. The molecule has 1 amide bonds. The molecule has 1 saturated heterocycles. The first-order chi connectivity index (χ1) is 7.15. The third kappa shape index (κ3) is 3.51. The van der Waals surface area contributed by atoms with Crippen LogP contribution in [0.1, 0.15) is 26.2 Å². The third-order valence-electron chi connectivity index (χ3n) is 2.69. The number of carboxylic acid groups (broad SMARTS) is 1. The second kappa shape index (κ2) is 5.70. The molecule has 0 radical (unpaired) electrons. The van der Waals surface area contributed by atoms with Gasteiger partial charge in [0.15, 0.2) is 0 Å². The summed E-state index contributed by atoms with van der Waals surface area (Å²) in [5.74, 6) is -1.18. The van der Waals surface area contributed by atoms with Gasteiger partial charge in [-0.2, -0.15) is 0 Å². The highest BCUT2D eigenvalue weighted by Gasteiger charge is 2.25. The van der Waals surface area contributed by atoms with Gasteiger partial charge in [-0.3, -0.25) is 4.79 Å². The molecule has 0 aromatic rings. The van der Waals surface area contributed by atoms with Crippen molar-refractivity contribution in [2.75, 3.05) is 13.1 Å². The van der Waals surface area contributed by atoms with Crippen molar-refractivity contribution in [1.29, 1.82) is 0 Å². The van der Waals surface area contributed by atoms with Crippen LogP contribution in [0.4, 0.5) is 0 Å². The molecule has 0 aromatic heterocycles. The Morgan fingerprint density at radius 2 is 2.33 bits per heavy atom. The Labute approximate surface area is 89.2 Å². The molecule has 1 rings (SSSR count). The molecule has 1 aliphatic heterocycles. The second-order valence-electron chi connectivity index (χ2n) is 3.85. The summed E-state index contributed by atoms with van der Waals surface area (Å²) in [5, 5.41) is 14.5. The van der Waals surface area contributed by atoms with E-state index in [1.165, 1.54) is 0 Å². The van der Waals surface area contributed by atoms with Crippen molar-refractivity contribution >= 4 is 11.9 Å². The minimum atomic E-state index is -0.963. The van der Waals surface area contributed by atoms with Gasteiger partial charge in [0.1, 0.15) is 6.04 Å². The minimum absolute atomic E-state index is 0.0767. The van der Waals surface area contributed by atoms with Crippen molar-refractivity contribution in [2.24, 2.45) is 5.92 Å². The average Bonchev–Trinajstić information content (AvgIpc) is 2.26. The lowest BCUT2D eigenvalue weighted by molar-refractivity contribution is -0.142. The van der Waals surface area contributed by atoms with Crippen LogP contribution in [0.25, 0.3) is 0 Å². The Hall–Kier alpha value is -1.10. The van der Waals surface area contributed by atoms with Gasteiger partial charge in [-0.15, -0.1) is 0 Å². The number of carboxylic acids is 1. The first-order valence-corrected chi connectivity index (χ1v) is 5.39. The van der Waals surface area contributed by atoms with Gasteiger partial charge in [0.05, 0.1) is 5.92 Å². The monoisotopic (exact) mass is 214 g/mol. The molecule has 0 saturated carbocycles. The second-order valence-corrected chi connectivity index (χ2v) is 3.85. The van der Waals surface area contributed by atoms with E-state index in [4.69, 9.17) is 5.11 Å². The van der Waals surface area contributed by atoms with Crippen molar-refractivity contribution < 1.29 is 14.7 Å². The van der Waals surface area contributed by atoms with Crippen LogP contribution in [0.3, 0.4) is 0 Å². The molecule has 0 aromatic carbocycles. The quantitative estimate of drug-likeness (QED) is 0.614. The van der Waals surface area contributed by atoms with Gasteiger partial charge in [0.2, 0.25) is 5.91 Å². The highest BCUT2D eigenvalue weighted by Crippen LogP contribution is 2.10. The number of nitrogens with one attached hydrogen (secondary N) is 2. The van der Waals surface area contributed by atoms with Crippen LogP contribution in [0.5, 0.6) is 0 Å². The third-order valence-corrected chi connectivity index (χ3v) is 2.69. The topological polar surface area (TPSA) is 78.4 Å². The largest absolute Gasteiger partial charge is 0.480 e. The van der Waals surface area contributed by atoms with Crippen molar-refractivity contribution in [3.8, 4) is 0 Å². The van der Waals surface area contributed by atoms with Crippen LogP contribution < -0.4 is 10.6 Å². The van der Waals surface area contributed by atoms with E-state index in [-0.39, 0.29) is 11.8 Å². The molecule has 0 aliphatic carbocycles. The predicted octanol–water partition coefficient (Wildman–Crippen LogP) is -0.0346. The summed E-state index contributed by atoms with van der Waals surface area (Å²) < 4.78 is 0. The number of rotatable bonds is 4. The van der Waals surface area contributed by atoms with Gasteiger partial charge in [0.25, 0.3) is 0 Å². The molecule has 86 valence electrons. The Morgan fingerprint density at radius 3 is 2.80 bits per heavy atom. The number of piperidine rings is 1. The van der Waals surface area contributed by atoms with Crippen molar-refractivity contribution in [3.05, 3.63) is 0 Å². The number of aliphatic carboxylic acids is 1. The lowest BCUT2D eigenvalue weighted by atomic mass is 9.98. The Bertz CT molecular complexity index is 237. The molecule has 0 spiro atoms. The highest BCUT2D eigenvalue weighted by atomic mass is 16.4. The minimum Gasteiger partial charge on any atom is -0.480 e. The summed E-state index contributed by atoms with van der Waals surface area (Å²) in [6.45, 7) is 3.35. The predicted molar refractivity (Wildman–Crippen MR) is 55.5 cm³/mol. The Balaban J connectivity index is 2.42. The molecule has 1 fully saturated rings. The smallest absolute Gasteiger partial charge is 0.326 e. The first kappa shape index (κ1) is 12.0. The van der Waals surface area contributed by atoms with Crippen molar-refractivity contribution in [2.45, 2.75) is 32.2 Å². The summed E-state index contributed by atoms with van der Waals surface area (Å²) in [6, 6.07) is -0.751. The number of amides is 1. The number of carbonyl (C=O) groups excluding carboxylic acids is 1. The molecule has 1 aliphatic rings. The number of hydrogen-bond donors (Lipinski definition) is 3. The fourth-order valence-electron chi connectivity index (χ4n) is 1.70.